The van der Waals surface area contributed by atoms with Gasteiger partial charge >= 0.3 is 12.4 Å². The maximum Gasteiger partial charge on any atom is 0.435 e. The Balaban J connectivity index is 1.37. The van der Waals surface area contributed by atoms with Gasteiger partial charge < -0.3 is 14.2 Å². The lowest BCUT2D eigenvalue weighted by Crippen LogP contribution is -2.32. The van der Waals surface area contributed by atoms with Crippen molar-refractivity contribution in [1.29, 1.82) is 0 Å². The Morgan fingerprint density at radius 2 is 1.77 bits per heavy atom. The van der Waals surface area contributed by atoms with Gasteiger partial charge in [0.15, 0.2) is 11.4 Å². The number of hydrogen-bond donors (Lipinski definition) is 0. The Morgan fingerprint density at radius 1 is 1.00 bits per heavy atom. The van der Waals surface area contributed by atoms with Gasteiger partial charge in [0.2, 0.25) is 5.88 Å². The number of alkyl halides is 6. The molecule has 1 fully saturated rings. The van der Waals surface area contributed by atoms with Crippen molar-refractivity contribution in [2.24, 2.45) is 7.05 Å². The first kappa shape index (κ1) is 26.1. The summed E-state index contributed by atoms with van der Waals surface area (Å²) in [5, 5.41) is 4.01. The molecule has 0 unspecified atom stereocenters. The summed E-state index contributed by atoms with van der Waals surface area (Å²) < 4.78 is 89.3. The number of halogens is 6. The number of imidazole rings is 1. The minimum absolute atomic E-state index is 0.0491. The van der Waals surface area contributed by atoms with Gasteiger partial charge in [-0.05, 0) is 31.4 Å². The zero-order chi connectivity index (χ0) is 28.4. The van der Waals surface area contributed by atoms with Crippen LogP contribution in [-0.4, -0.2) is 47.9 Å². The molecule has 4 aromatic heterocycles. The largest absolute Gasteiger partial charge is 0.479 e. The molecule has 0 aromatic carbocycles. The quantitative estimate of drug-likeness (QED) is 0.317. The first-order chi connectivity index (χ1) is 19.0. The lowest BCUT2D eigenvalue weighted by atomic mass is 10.0. The minimum atomic E-state index is -4.67. The third kappa shape index (κ3) is 4.52. The highest BCUT2D eigenvalue weighted by Gasteiger charge is 2.42. The van der Waals surface area contributed by atoms with E-state index in [1.165, 1.54) is 35.9 Å². The summed E-state index contributed by atoms with van der Waals surface area (Å²) in [6, 6.07) is 3.19. The van der Waals surface area contributed by atoms with Gasteiger partial charge in [0.05, 0.1) is 25.0 Å². The van der Waals surface area contributed by atoms with E-state index in [1.807, 2.05) is 0 Å². The first-order valence-corrected chi connectivity index (χ1v) is 12.3. The Hall–Kier alpha value is -4.17. The molecule has 40 heavy (non-hydrogen) atoms. The fourth-order valence-electron chi connectivity index (χ4n) is 4.98. The maximum atomic E-state index is 14.0. The van der Waals surface area contributed by atoms with Crippen LogP contribution in [0.25, 0.3) is 17.1 Å². The standard InChI is InChI=1S/C25H22F6N8O/c1-37-11-17(24(26,27)28)35-22(37)14-5-6-18(32-9-14)38-8-7-15-16(10-38)39(36-21(15)25(29,30)31)20-19(13-3-4-13)33-12-34-23(20)40-2/h5-6,9,11-13H,3-4,7-8,10H2,1-2H3. The monoisotopic (exact) mass is 564 g/mol. The van der Waals surface area contributed by atoms with E-state index in [1.54, 1.807) is 17.0 Å². The van der Waals surface area contributed by atoms with Crippen molar-refractivity contribution in [1.82, 2.24) is 34.3 Å². The van der Waals surface area contributed by atoms with Crippen molar-refractivity contribution >= 4 is 5.82 Å². The van der Waals surface area contributed by atoms with Gasteiger partial charge in [0.25, 0.3) is 0 Å². The number of nitrogens with zero attached hydrogens (tertiary/aromatic N) is 8. The highest BCUT2D eigenvalue weighted by atomic mass is 19.4. The van der Waals surface area contributed by atoms with Crippen LogP contribution in [0.4, 0.5) is 32.2 Å². The van der Waals surface area contributed by atoms with Gasteiger partial charge in [-0.25, -0.2) is 19.6 Å². The van der Waals surface area contributed by atoms with Crippen LogP contribution in [0.2, 0.25) is 0 Å². The second-order valence-corrected chi connectivity index (χ2v) is 9.71. The van der Waals surface area contributed by atoms with Crippen LogP contribution in [0, 0.1) is 0 Å². The van der Waals surface area contributed by atoms with Crippen LogP contribution in [0.3, 0.4) is 0 Å². The van der Waals surface area contributed by atoms with E-state index in [9.17, 15) is 26.3 Å². The lowest BCUT2D eigenvalue weighted by molar-refractivity contribution is -0.142. The van der Waals surface area contributed by atoms with Crippen molar-refractivity contribution in [3.63, 3.8) is 0 Å². The molecule has 0 N–H and O–H groups in total. The van der Waals surface area contributed by atoms with Crippen LogP contribution in [0.1, 0.15) is 47.1 Å². The molecular formula is C25H22F6N8O. The van der Waals surface area contributed by atoms with Crippen LogP contribution in [0.5, 0.6) is 5.88 Å². The van der Waals surface area contributed by atoms with Crippen molar-refractivity contribution < 1.29 is 31.1 Å². The van der Waals surface area contributed by atoms with E-state index in [4.69, 9.17) is 4.74 Å². The predicted octanol–water partition coefficient (Wildman–Crippen LogP) is 4.94. The average molecular weight is 564 g/mol. The lowest BCUT2D eigenvalue weighted by Gasteiger charge is -2.29. The molecule has 210 valence electrons. The van der Waals surface area contributed by atoms with Gasteiger partial charge in [0.1, 0.15) is 23.7 Å². The predicted molar refractivity (Wildman–Crippen MR) is 129 cm³/mol. The summed E-state index contributed by atoms with van der Waals surface area (Å²) in [4.78, 5) is 18.3. The van der Waals surface area contributed by atoms with Crippen LogP contribution in [-0.2, 0) is 32.4 Å². The molecule has 0 radical (unpaired) electrons. The third-order valence-electron chi connectivity index (χ3n) is 7.01. The summed E-state index contributed by atoms with van der Waals surface area (Å²) in [5.41, 5.74) is -0.341. The van der Waals surface area contributed by atoms with Crippen LogP contribution >= 0.6 is 0 Å². The highest BCUT2D eigenvalue weighted by molar-refractivity contribution is 5.58. The van der Waals surface area contributed by atoms with E-state index in [0.29, 0.717) is 28.5 Å². The zero-order valence-electron chi connectivity index (χ0n) is 21.3. The number of ether oxygens (including phenoxy) is 1. The van der Waals surface area contributed by atoms with Crippen molar-refractivity contribution in [3.8, 4) is 23.0 Å². The summed E-state index contributed by atoms with van der Waals surface area (Å²) in [6.07, 6.45) is -3.88. The van der Waals surface area contributed by atoms with Crippen LogP contribution < -0.4 is 9.64 Å². The fourth-order valence-corrected chi connectivity index (χ4v) is 4.98. The van der Waals surface area contributed by atoms with Crippen molar-refractivity contribution in [2.75, 3.05) is 18.6 Å². The molecule has 0 bridgehead atoms. The number of anilines is 1. The van der Waals surface area contributed by atoms with Crippen molar-refractivity contribution in [2.45, 2.75) is 44.1 Å². The molecule has 0 atom stereocenters. The molecule has 1 aliphatic carbocycles. The molecule has 5 heterocycles. The highest BCUT2D eigenvalue weighted by Crippen LogP contribution is 2.45. The molecule has 0 spiro atoms. The molecule has 1 saturated carbocycles. The molecule has 9 nitrogen and oxygen atoms in total. The Labute approximate surface area is 223 Å². The second kappa shape index (κ2) is 9.20. The molecular weight excluding hydrogens is 542 g/mol. The Kier molecular flexibility index (Phi) is 6.00. The van der Waals surface area contributed by atoms with E-state index < -0.39 is 23.7 Å². The first-order valence-electron chi connectivity index (χ1n) is 12.3. The molecule has 6 rings (SSSR count). The van der Waals surface area contributed by atoms with Crippen LogP contribution in [0.15, 0.2) is 30.9 Å². The molecule has 0 saturated heterocycles. The van der Waals surface area contributed by atoms with E-state index >= 15 is 0 Å². The summed E-state index contributed by atoms with van der Waals surface area (Å²) >= 11 is 0. The van der Waals surface area contributed by atoms with Crippen molar-refractivity contribution in [3.05, 3.63) is 59.2 Å². The van der Waals surface area contributed by atoms with Gasteiger partial charge in [0, 0.05) is 43.0 Å². The fraction of sp³-hybridized carbons (Fsp3) is 0.400. The normalized spacial score (nSPS) is 15.8. The smallest absolute Gasteiger partial charge is 0.435 e. The zero-order valence-corrected chi connectivity index (χ0v) is 21.3. The van der Waals surface area contributed by atoms with Gasteiger partial charge in [-0.2, -0.15) is 36.4 Å². The summed E-state index contributed by atoms with van der Waals surface area (Å²) in [5.74, 6) is 0.742. The number of fused-ring (bicyclic) bond motifs is 1. The number of rotatable bonds is 5. The molecule has 0 amide bonds. The van der Waals surface area contributed by atoms with E-state index in [-0.39, 0.29) is 42.7 Å². The van der Waals surface area contributed by atoms with E-state index in [0.717, 1.165) is 19.0 Å². The number of methoxy groups -OCH3 is 1. The summed E-state index contributed by atoms with van der Waals surface area (Å²) in [6.45, 7) is 0.278. The molecule has 15 heteroatoms. The minimum Gasteiger partial charge on any atom is -0.479 e. The third-order valence-corrected chi connectivity index (χ3v) is 7.01. The van der Waals surface area contributed by atoms with Gasteiger partial charge in [-0.1, -0.05) is 0 Å². The molecule has 4 aromatic rings. The molecule has 1 aliphatic heterocycles. The average Bonchev–Trinajstić information content (AvgIpc) is 3.57. The number of hydrogen-bond acceptors (Lipinski definition) is 7. The number of aromatic nitrogens is 7. The maximum absolute atomic E-state index is 14.0. The SMILES string of the molecule is COc1ncnc(C2CC2)c1-n1nc(C(F)(F)F)c2c1CN(c1ccc(-c3nc(C(F)(F)F)cn3C)cn1)CC2. The number of aryl methyl sites for hydroxylation is 1. The molecule has 2 aliphatic rings. The second-order valence-electron chi connectivity index (χ2n) is 9.71. The van der Waals surface area contributed by atoms with E-state index in [2.05, 4.69) is 25.0 Å². The Bertz CT molecular complexity index is 1570. The topological polar surface area (TPSA) is 86.8 Å². The van der Waals surface area contributed by atoms with Gasteiger partial charge in [-0.3, -0.25) is 0 Å². The van der Waals surface area contributed by atoms with Gasteiger partial charge in [-0.15, -0.1) is 0 Å². The Morgan fingerprint density at radius 3 is 2.38 bits per heavy atom. The summed E-state index contributed by atoms with van der Waals surface area (Å²) in [7, 11) is 2.84. The number of pyridine rings is 1.